The van der Waals surface area contributed by atoms with E-state index in [0.29, 0.717) is 17.9 Å². The Labute approximate surface area is 185 Å². The highest BCUT2D eigenvalue weighted by atomic mass is 32.1. The summed E-state index contributed by atoms with van der Waals surface area (Å²) in [4.78, 5) is 27.8. The molecule has 2 N–H and O–H groups in total. The quantitative estimate of drug-likeness (QED) is 0.436. The minimum Gasteiger partial charge on any atom is -0.478 e. The fraction of sp³-hybridized carbons (Fsp3) is 0.240. The van der Waals surface area contributed by atoms with Crippen molar-refractivity contribution < 1.29 is 14.7 Å². The van der Waals surface area contributed by atoms with Gasteiger partial charge in [-0.05, 0) is 48.2 Å². The summed E-state index contributed by atoms with van der Waals surface area (Å²) in [6.07, 6.45) is 8.95. The Kier molecular flexibility index (Phi) is 6.57. The van der Waals surface area contributed by atoms with E-state index >= 15 is 0 Å². The predicted molar refractivity (Wildman–Crippen MR) is 125 cm³/mol. The number of anilines is 1. The number of carbonyl (C=O) groups excluding carboxylic acids is 1. The molecular weight excluding hydrogens is 408 g/mol. The topological polar surface area (TPSA) is 79.3 Å². The van der Waals surface area contributed by atoms with E-state index in [1.165, 1.54) is 25.0 Å². The molecule has 2 aromatic carbocycles. The van der Waals surface area contributed by atoms with Crippen molar-refractivity contribution >= 4 is 41.4 Å². The second-order valence-electron chi connectivity index (χ2n) is 7.75. The van der Waals surface area contributed by atoms with Crippen molar-refractivity contribution in [1.82, 2.24) is 4.98 Å². The molecule has 0 amide bonds. The number of aromatic carboxylic acids is 1. The molecule has 1 aliphatic carbocycles. The molecule has 1 fully saturated rings. The molecule has 31 heavy (non-hydrogen) atoms. The number of carboxylic acids is 1. The second-order valence-corrected chi connectivity index (χ2v) is 8.64. The molecule has 1 aliphatic rings. The smallest absolute Gasteiger partial charge is 0.335 e. The van der Waals surface area contributed by atoms with E-state index in [4.69, 9.17) is 4.98 Å². The minimum atomic E-state index is -0.991. The summed E-state index contributed by atoms with van der Waals surface area (Å²) in [5, 5.41) is 15.7. The summed E-state index contributed by atoms with van der Waals surface area (Å²) in [5.41, 5.74) is 3.86. The zero-order valence-electron chi connectivity index (χ0n) is 17.0. The van der Waals surface area contributed by atoms with Crippen molar-refractivity contribution in [3.05, 3.63) is 81.3 Å². The molecule has 1 saturated carbocycles. The third-order valence-electron chi connectivity index (χ3n) is 5.57. The molecule has 1 atom stereocenters. The summed E-state index contributed by atoms with van der Waals surface area (Å²) in [6.45, 7) is 0. The SMILES string of the molecule is O=CC(Cc1ccccc1C(=O)O)Nc1cccc(C=Cc2nc(C3CCC3)cs2)c1. The van der Waals surface area contributed by atoms with Gasteiger partial charge in [-0.2, -0.15) is 0 Å². The van der Waals surface area contributed by atoms with Crippen LogP contribution in [0.3, 0.4) is 0 Å². The third-order valence-corrected chi connectivity index (χ3v) is 6.40. The first kappa shape index (κ1) is 21.0. The lowest BCUT2D eigenvalue weighted by molar-refractivity contribution is -0.108. The van der Waals surface area contributed by atoms with E-state index in [1.54, 1.807) is 35.6 Å². The molecule has 0 radical (unpaired) electrons. The number of benzene rings is 2. The summed E-state index contributed by atoms with van der Waals surface area (Å²) in [5.74, 6) is -0.354. The fourth-order valence-corrected chi connectivity index (χ4v) is 4.45. The molecule has 6 heteroatoms. The summed E-state index contributed by atoms with van der Waals surface area (Å²) >= 11 is 1.66. The lowest BCUT2D eigenvalue weighted by atomic mass is 9.83. The van der Waals surface area contributed by atoms with Gasteiger partial charge in [-0.15, -0.1) is 11.3 Å². The number of nitrogens with zero attached hydrogens (tertiary/aromatic N) is 1. The molecule has 1 unspecified atom stereocenters. The van der Waals surface area contributed by atoms with Crippen LogP contribution in [0.25, 0.3) is 12.2 Å². The Balaban J connectivity index is 1.43. The van der Waals surface area contributed by atoms with Crippen LogP contribution < -0.4 is 5.32 Å². The van der Waals surface area contributed by atoms with E-state index in [9.17, 15) is 14.7 Å². The van der Waals surface area contributed by atoms with E-state index in [0.717, 1.165) is 22.5 Å². The van der Waals surface area contributed by atoms with Crippen molar-refractivity contribution in [2.45, 2.75) is 37.6 Å². The van der Waals surface area contributed by atoms with Crippen molar-refractivity contribution in [2.24, 2.45) is 0 Å². The summed E-state index contributed by atoms with van der Waals surface area (Å²) in [6, 6.07) is 14.0. The summed E-state index contributed by atoms with van der Waals surface area (Å²) < 4.78 is 0. The Morgan fingerprint density at radius 1 is 1.19 bits per heavy atom. The maximum atomic E-state index is 11.6. The summed E-state index contributed by atoms with van der Waals surface area (Å²) in [7, 11) is 0. The molecule has 4 rings (SSSR count). The molecule has 0 bridgehead atoms. The Bertz CT molecular complexity index is 1100. The maximum absolute atomic E-state index is 11.6. The first-order valence-corrected chi connectivity index (χ1v) is 11.3. The van der Waals surface area contributed by atoms with Gasteiger partial charge in [0.25, 0.3) is 0 Å². The normalized spacial score (nSPS) is 14.8. The van der Waals surface area contributed by atoms with Crippen LogP contribution in [0.2, 0.25) is 0 Å². The molecule has 5 nitrogen and oxygen atoms in total. The number of nitrogens with one attached hydrogen (secondary N) is 1. The van der Waals surface area contributed by atoms with E-state index < -0.39 is 12.0 Å². The number of thiazole rings is 1. The number of aromatic nitrogens is 1. The zero-order chi connectivity index (χ0) is 21.6. The molecule has 0 aliphatic heterocycles. The van der Waals surface area contributed by atoms with Gasteiger partial charge in [0.2, 0.25) is 0 Å². The predicted octanol–water partition coefficient (Wildman–Crippen LogP) is 5.50. The fourth-order valence-electron chi connectivity index (χ4n) is 3.66. The molecular formula is C25H24N2O3S. The van der Waals surface area contributed by atoms with Gasteiger partial charge in [-0.3, -0.25) is 0 Å². The van der Waals surface area contributed by atoms with Crippen molar-refractivity contribution in [3.8, 4) is 0 Å². The highest BCUT2D eigenvalue weighted by Crippen LogP contribution is 2.36. The Hall–Kier alpha value is -3.25. The van der Waals surface area contributed by atoms with Gasteiger partial charge in [-0.1, -0.05) is 42.8 Å². The van der Waals surface area contributed by atoms with Gasteiger partial charge in [0.15, 0.2) is 0 Å². The van der Waals surface area contributed by atoms with E-state index in [2.05, 4.69) is 10.7 Å². The average molecular weight is 433 g/mol. The Morgan fingerprint density at radius 2 is 2.03 bits per heavy atom. The number of carbonyl (C=O) groups is 2. The van der Waals surface area contributed by atoms with Crippen molar-refractivity contribution in [2.75, 3.05) is 5.32 Å². The van der Waals surface area contributed by atoms with Crippen LogP contribution in [-0.4, -0.2) is 28.4 Å². The molecule has 158 valence electrons. The highest BCUT2D eigenvalue weighted by Gasteiger charge is 2.21. The lowest BCUT2D eigenvalue weighted by Crippen LogP contribution is -2.24. The standard InChI is InChI=1S/C25H24N2O3S/c28-15-21(14-19-6-1-2-10-22(19)25(29)30)26-20-9-3-5-17(13-20)11-12-24-27-23(16-31-24)18-7-4-8-18/h1-3,5-6,9-13,15-16,18,21,26H,4,7-8,14H2,(H,29,30). The zero-order valence-corrected chi connectivity index (χ0v) is 17.8. The first-order chi connectivity index (χ1) is 15.1. The molecule has 0 saturated heterocycles. The minimum absolute atomic E-state index is 0.220. The van der Waals surface area contributed by atoms with Crippen molar-refractivity contribution in [1.29, 1.82) is 0 Å². The van der Waals surface area contributed by atoms with Crippen LogP contribution in [0.15, 0.2) is 53.9 Å². The number of aldehydes is 1. The van der Waals surface area contributed by atoms with E-state index in [1.807, 2.05) is 36.4 Å². The third kappa shape index (κ3) is 5.27. The molecule has 1 aromatic heterocycles. The molecule has 1 heterocycles. The van der Waals surface area contributed by atoms with Crippen LogP contribution >= 0.6 is 11.3 Å². The van der Waals surface area contributed by atoms with Gasteiger partial charge in [0.05, 0.1) is 17.3 Å². The van der Waals surface area contributed by atoms with Gasteiger partial charge in [-0.25, -0.2) is 9.78 Å². The maximum Gasteiger partial charge on any atom is 0.335 e. The van der Waals surface area contributed by atoms with Crippen LogP contribution in [0.4, 0.5) is 5.69 Å². The van der Waals surface area contributed by atoms with Crippen LogP contribution in [0.5, 0.6) is 0 Å². The first-order valence-electron chi connectivity index (χ1n) is 10.4. The number of carboxylic acid groups (broad SMARTS) is 1. The van der Waals surface area contributed by atoms with Gasteiger partial charge < -0.3 is 15.2 Å². The molecule has 0 spiro atoms. The monoisotopic (exact) mass is 432 g/mol. The molecule has 3 aromatic rings. The number of rotatable bonds is 9. The van der Waals surface area contributed by atoms with Crippen LogP contribution in [0.1, 0.15) is 57.4 Å². The van der Waals surface area contributed by atoms with Crippen molar-refractivity contribution in [3.63, 3.8) is 0 Å². The van der Waals surface area contributed by atoms with E-state index in [-0.39, 0.29) is 5.56 Å². The average Bonchev–Trinajstić information content (AvgIpc) is 3.19. The van der Waals surface area contributed by atoms with Gasteiger partial charge in [0.1, 0.15) is 11.3 Å². The Morgan fingerprint density at radius 3 is 2.77 bits per heavy atom. The van der Waals surface area contributed by atoms with Gasteiger partial charge in [0, 0.05) is 23.4 Å². The van der Waals surface area contributed by atoms with Crippen LogP contribution in [-0.2, 0) is 11.2 Å². The van der Waals surface area contributed by atoms with Crippen LogP contribution in [0, 0.1) is 0 Å². The largest absolute Gasteiger partial charge is 0.478 e. The number of hydrogen-bond donors (Lipinski definition) is 2. The van der Waals surface area contributed by atoms with Gasteiger partial charge >= 0.3 is 5.97 Å². The highest BCUT2D eigenvalue weighted by molar-refractivity contribution is 7.10. The number of hydrogen-bond acceptors (Lipinski definition) is 5. The lowest BCUT2D eigenvalue weighted by Gasteiger charge is -2.22. The second kappa shape index (κ2) is 9.71.